The molecule has 0 radical (unpaired) electrons. The van der Waals surface area contributed by atoms with Gasteiger partial charge in [0.25, 0.3) is 0 Å². The highest BCUT2D eigenvalue weighted by Crippen LogP contribution is 2.32. The molecule has 0 saturated carbocycles. The minimum atomic E-state index is 0.0582. The summed E-state index contributed by atoms with van der Waals surface area (Å²) in [6.45, 7) is 35.2. The molecule has 5 aromatic rings. The van der Waals surface area contributed by atoms with Crippen molar-refractivity contribution in [1.82, 2.24) is 13.7 Å². The predicted molar refractivity (Wildman–Crippen MR) is 212 cm³/mol. The van der Waals surface area contributed by atoms with E-state index in [1.165, 1.54) is 34.2 Å². The molecule has 0 aliphatic carbocycles. The third kappa shape index (κ3) is 12.0. The largest absolute Gasteiger partial charge is 0.349 e. The van der Waals surface area contributed by atoms with E-state index >= 15 is 0 Å². The first-order chi connectivity index (χ1) is 22.0. The molecule has 48 heavy (non-hydrogen) atoms. The number of hydrogen-bond donors (Lipinski definition) is 0. The van der Waals surface area contributed by atoms with E-state index < -0.39 is 0 Å². The van der Waals surface area contributed by atoms with E-state index in [1.54, 1.807) is 0 Å². The molecule has 5 rings (SSSR count). The van der Waals surface area contributed by atoms with Gasteiger partial charge in [-0.2, -0.15) is 0 Å². The summed E-state index contributed by atoms with van der Waals surface area (Å²) in [5.74, 6) is 0. The van der Waals surface area contributed by atoms with Gasteiger partial charge in [-0.25, -0.2) is 0 Å². The number of aryl methyl sites for hydroxylation is 4. The van der Waals surface area contributed by atoms with Crippen molar-refractivity contribution in [3.63, 3.8) is 0 Å². The van der Waals surface area contributed by atoms with Crippen molar-refractivity contribution in [2.75, 3.05) is 4.90 Å². The highest BCUT2D eigenvalue weighted by molar-refractivity contribution is 5.65. The van der Waals surface area contributed by atoms with E-state index in [4.69, 9.17) is 0 Å². The average Bonchev–Trinajstić information content (AvgIpc) is 3.70. The fraction of sp³-hybridized carbons (Fsp3) is 0.455. The van der Waals surface area contributed by atoms with Crippen LogP contribution in [0.15, 0.2) is 109 Å². The molecule has 4 heteroatoms. The van der Waals surface area contributed by atoms with E-state index in [-0.39, 0.29) is 22.2 Å². The maximum atomic E-state index is 2.35. The van der Waals surface area contributed by atoms with Crippen LogP contribution in [-0.2, 0) is 16.6 Å². The van der Waals surface area contributed by atoms with Gasteiger partial charge in [-0.05, 0) is 171 Å². The summed E-state index contributed by atoms with van der Waals surface area (Å²) >= 11 is 0. The number of benzene rings is 2. The third-order valence-corrected chi connectivity index (χ3v) is 7.96. The molecule has 0 atom stereocenters. The second-order valence-corrected chi connectivity index (χ2v) is 16.7. The Bertz CT molecular complexity index is 1470. The molecular weight excluding hydrogens is 585 g/mol. The molecule has 0 N–H and O–H groups in total. The SMILES string of the molecule is CC(C)(C)N(c1ccccc1)c1ccccc1.CC(C)(C)n1cccc1.Cc1ccc(C)n1C(C)(C)C.Cc1ccc(C)n1C(C)(C)C. The minimum Gasteiger partial charge on any atom is -0.349 e. The van der Waals surface area contributed by atoms with Crippen LogP contribution in [0.1, 0.15) is 106 Å². The highest BCUT2D eigenvalue weighted by Gasteiger charge is 2.23. The molecule has 0 fully saturated rings. The lowest BCUT2D eigenvalue weighted by molar-refractivity contribution is 0.383. The molecule has 0 bridgehead atoms. The summed E-state index contributed by atoms with van der Waals surface area (Å²) in [4.78, 5) is 2.35. The van der Waals surface area contributed by atoms with Crippen LogP contribution in [-0.4, -0.2) is 19.2 Å². The Morgan fingerprint density at radius 1 is 0.375 bits per heavy atom. The minimum absolute atomic E-state index is 0.0582. The maximum Gasteiger partial charge on any atom is 0.0415 e. The van der Waals surface area contributed by atoms with E-state index in [0.29, 0.717) is 0 Å². The zero-order valence-electron chi connectivity index (χ0n) is 33.2. The van der Waals surface area contributed by atoms with Crippen LogP contribution < -0.4 is 4.90 Å². The van der Waals surface area contributed by atoms with E-state index in [2.05, 4.69) is 227 Å². The summed E-state index contributed by atoms with van der Waals surface area (Å²) < 4.78 is 6.90. The standard InChI is InChI=1S/C16H19N.2C10H17N.C8H13N/c1-16(2,3)17(14-10-6-4-7-11-14)15-12-8-5-9-13-15;2*1-8-6-7-9(2)11(8)10(3,4)5;1-8(2,3)9-6-4-5-7-9/h4-13H,1-3H3;2*6-7H,1-5H3;4-7H,1-3H3. The van der Waals surface area contributed by atoms with Crippen LogP contribution in [0.4, 0.5) is 11.4 Å². The number of nitrogens with zero attached hydrogens (tertiary/aromatic N) is 4. The highest BCUT2D eigenvalue weighted by atomic mass is 15.2. The lowest BCUT2D eigenvalue weighted by atomic mass is 10.0. The number of rotatable bonds is 2. The molecule has 4 nitrogen and oxygen atoms in total. The first-order valence-corrected chi connectivity index (χ1v) is 17.4. The molecule has 3 heterocycles. The van der Waals surface area contributed by atoms with Gasteiger partial charge in [0.2, 0.25) is 0 Å². The average molecular weight is 651 g/mol. The Labute approximate surface area is 294 Å². The van der Waals surface area contributed by atoms with E-state index in [0.717, 1.165) is 0 Å². The van der Waals surface area contributed by atoms with Crippen molar-refractivity contribution >= 4 is 11.4 Å². The molecule has 0 spiro atoms. The van der Waals surface area contributed by atoms with Crippen molar-refractivity contribution in [2.24, 2.45) is 0 Å². The Morgan fingerprint density at radius 3 is 0.854 bits per heavy atom. The molecule has 0 aliphatic rings. The summed E-state index contributed by atoms with van der Waals surface area (Å²) in [6.07, 6.45) is 4.17. The Morgan fingerprint density at radius 2 is 0.667 bits per heavy atom. The second kappa shape index (κ2) is 16.5. The molecular formula is C44H66N4. The van der Waals surface area contributed by atoms with Crippen LogP contribution in [0.5, 0.6) is 0 Å². The van der Waals surface area contributed by atoms with Crippen molar-refractivity contribution < 1.29 is 0 Å². The molecule has 2 aromatic carbocycles. The smallest absolute Gasteiger partial charge is 0.0415 e. The van der Waals surface area contributed by atoms with E-state index in [9.17, 15) is 0 Å². The molecule has 0 amide bonds. The van der Waals surface area contributed by atoms with Crippen molar-refractivity contribution in [3.8, 4) is 0 Å². The summed E-state index contributed by atoms with van der Waals surface area (Å²) in [7, 11) is 0. The fourth-order valence-corrected chi connectivity index (χ4v) is 6.31. The molecule has 0 aliphatic heterocycles. The van der Waals surface area contributed by atoms with Gasteiger partial charge in [0, 0.05) is 68.7 Å². The van der Waals surface area contributed by atoms with Crippen molar-refractivity contribution in [2.45, 2.75) is 133 Å². The molecule has 262 valence electrons. The van der Waals surface area contributed by atoms with Gasteiger partial charge in [-0.1, -0.05) is 36.4 Å². The molecule has 0 saturated heterocycles. The fourth-order valence-electron chi connectivity index (χ4n) is 6.31. The Hall–Kier alpha value is -3.92. The number of anilines is 2. The van der Waals surface area contributed by atoms with Crippen LogP contribution in [0.25, 0.3) is 0 Å². The summed E-state index contributed by atoms with van der Waals surface area (Å²) in [5.41, 5.74) is 8.56. The summed E-state index contributed by atoms with van der Waals surface area (Å²) in [6, 6.07) is 33.8. The Balaban J connectivity index is 0.000000230. The van der Waals surface area contributed by atoms with Gasteiger partial charge in [0.15, 0.2) is 0 Å². The number of hydrogen-bond acceptors (Lipinski definition) is 1. The summed E-state index contributed by atoms with van der Waals surface area (Å²) in [5, 5.41) is 0. The first-order valence-electron chi connectivity index (χ1n) is 17.4. The molecule has 0 unspecified atom stereocenters. The van der Waals surface area contributed by atoms with Crippen LogP contribution in [0, 0.1) is 27.7 Å². The normalized spacial score (nSPS) is 11.8. The lowest BCUT2D eigenvalue weighted by Gasteiger charge is -2.37. The van der Waals surface area contributed by atoms with Gasteiger partial charge in [0.1, 0.15) is 0 Å². The number of para-hydroxylation sites is 2. The predicted octanol–water partition coefficient (Wildman–Crippen LogP) is 12.6. The third-order valence-electron chi connectivity index (χ3n) is 7.96. The second-order valence-electron chi connectivity index (χ2n) is 16.7. The number of aromatic nitrogens is 3. The lowest BCUT2D eigenvalue weighted by Crippen LogP contribution is -2.37. The van der Waals surface area contributed by atoms with Gasteiger partial charge in [0.05, 0.1) is 0 Å². The zero-order valence-corrected chi connectivity index (χ0v) is 33.2. The van der Waals surface area contributed by atoms with Crippen LogP contribution in [0.3, 0.4) is 0 Å². The molecule has 3 aromatic heterocycles. The van der Waals surface area contributed by atoms with Crippen LogP contribution >= 0.6 is 0 Å². The van der Waals surface area contributed by atoms with Gasteiger partial charge < -0.3 is 18.6 Å². The van der Waals surface area contributed by atoms with Gasteiger partial charge in [-0.15, -0.1) is 0 Å². The zero-order chi connectivity index (χ0) is 36.5. The maximum absolute atomic E-state index is 2.35. The quantitative estimate of drug-likeness (QED) is 0.186. The van der Waals surface area contributed by atoms with Crippen molar-refractivity contribution in [1.29, 1.82) is 0 Å². The van der Waals surface area contributed by atoms with E-state index in [1.807, 2.05) is 12.1 Å². The van der Waals surface area contributed by atoms with Crippen molar-refractivity contribution in [3.05, 3.63) is 132 Å². The first kappa shape index (κ1) is 40.3. The van der Waals surface area contributed by atoms with Gasteiger partial charge in [-0.3, -0.25) is 0 Å². The van der Waals surface area contributed by atoms with Gasteiger partial charge >= 0.3 is 0 Å². The monoisotopic (exact) mass is 651 g/mol. The topological polar surface area (TPSA) is 18.0 Å². The Kier molecular flexibility index (Phi) is 13.8. The van der Waals surface area contributed by atoms with Crippen LogP contribution in [0.2, 0.25) is 0 Å².